The molecule has 1 aromatic heterocycles. The van der Waals surface area contributed by atoms with E-state index in [9.17, 15) is 5.26 Å². The molecule has 0 bridgehead atoms. The van der Waals surface area contributed by atoms with Crippen molar-refractivity contribution < 1.29 is 9.31 Å². The molecule has 0 unspecified atom stereocenters. The predicted molar refractivity (Wildman–Crippen MR) is 147 cm³/mol. The molecule has 0 aliphatic carbocycles. The summed E-state index contributed by atoms with van der Waals surface area (Å²) in [6, 6.07) is 33.7. The lowest BCUT2D eigenvalue weighted by Crippen LogP contribution is -2.41. The quantitative estimate of drug-likeness (QED) is 0.279. The zero-order valence-electron chi connectivity index (χ0n) is 20.9. The van der Waals surface area contributed by atoms with Crippen molar-refractivity contribution in [1.29, 1.82) is 5.26 Å². The summed E-state index contributed by atoms with van der Waals surface area (Å²) in [7, 11) is -0.515. The fraction of sp³-hybridized carbons (Fsp3) is 0.194. The van der Waals surface area contributed by atoms with Crippen molar-refractivity contribution in [2.75, 3.05) is 0 Å². The van der Waals surface area contributed by atoms with Crippen molar-refractivity contribution in [2.45, 2.75) is 38.9 Å². The molecule has 0 spiro atoms. The van der Waals surface area contributed by atoms with E-state index in [1.807, 2.05) is 39.8 Å². The van der Waals surface area contributed by atoms with Gasteiger partial charge in [-0.1, -0.05) is 54.6 Å². The van der Waals surface area contributed by atoms with Crippen LogP contribution in [0.25, 0.3) is 38.6 Å². The molecule has 6 rings (SSSR count). The number of rotatable bonds is 3. The highest BCUT2D eigenvalue weighted by Gasteiger charge is 2.51. The average molecular weight is 470 g/mol. The highest BCUT2D eigenvalue weighted by molar-refractivity contribution is 6.62. The SMILES string of the molecule is CC1(C)OB(c2cc(C#N)cc(-c3ccc(-n4c5ccccc5c5ccccc54)cc3)c2)OC1(C)C. The van der Waals surface area contributed by atoms with Crippen molar-refractivity contribution >= 4 is 34.4 Å². The molecule has 4 nitrogen and oxygen atoms in total. The molecule has 1 aliphatic heterocycles. The van der Waals surface area contributed by atoms with Gasteiger partial charge in [0, 0.05) is 16.5 Å². The van der Waals surface area contributed by atoms with Gasteiger partial charge in [-0.3, -0.25) is 0 Å². The maximum Gasteiger partial charge on any atom is 0.494 e. The third-order valence-corrected chi connectivity index (χ3v) is 7.65. The first-order valence-electron chi connectivity index (χ1n) is 12.3. The molecule has 5 heteroatoms. The number of nitrogens with zero attached hydrogens (tertiary/aromatic N) is 2. The smallest absolute Gasteiger partial charge is 0.399 e. The molecule has 5 aromatic rings. The largest absolute Gasteiger partial charge is 0.494 e. The van der Waals surface area contributed by atoms with E-state index in [4.69, 9.17) is 9.31 Å². The Labute approximate surface area is 211 Å². The molecule has 2 heterocycles. The number of para-hydroxylation sites is 2. The number of benzene rings is 4. The topological polar surface area (TPSA) is 47.2 Å². The normalized spacial score (nSPS) is 16.5. The van der Waals surface area contributed by atoms with Gasteiger partial charge in [0.25, 0.3) is 0 Å². The minimum atomic E-state index is -0.515. The summed E-state index contributed by atoms with van der Waals surface area (Å²) in [5.74, 6) is 0. The minimum Gasteiger partial charge on any atom is -0.399 e. The Hall–Kier alpha value is -3.85. The first-order valence-corrected chi connectivity index (χ1v) is 12.3. The number of aromatic nitrogens is 1. The molecule has 1 fully saturated rings. The average Bonchev–Trinajstić information content (AvgIpc) is 3.33. The molecule has 1 saturated heterocycles. The van der Waals surface area contributed by atoms with Crippen LogP contribution in [0.3, 0.4) is 0 Å². The summed E-state index contributed by atoms with van der Waals surface area (Å²) in [6.07, 6.45) is 0. The summed E-state index contributed by atoms with van der Waals surface area (Å²) in [6.45, 7) is 8.15. The second-order valence-electron chi connectivity index (χ2n) is 10.5. The van der Waals surface area contributed by atoms with Gasteiger partial charge in [0.15, 0.2) is 0 Å². The van der Waals surface area contributed by atoms with Crippen LogP contribution in [0.5, 0.6) is 0 Å². The molecular weight excluding hydrogens is 443 g/mol. The molecule has 176 valence electrons. The van der Waals surface area contributed by atoms with Crippen LogP contribution in [0.15, 0.2) is 91.0 Å². The standard InChI is InChI=1S/C31H27BN2O2/c1-30(2)31(3,4)36-32(35-30)24-18-21(20-33)17-23(19-24)22-13-15-25(16-14-22)34-28-11-7-5-9-26(28)27-10-6-8-12-29(27)34/h5-19H,1-4H3. The molecule has 1 aliphatic rings. The lowest BCUT2D eigenvalue weighted by molar-refractivity contribution is 0.00578. The zero-order valence-corrected chi connectivity index (χ0v) is 20.9. The third-order valence-electron chi connectivity index (χ3n) is 7.65. The Morgan fingerprint density at radius 1 is 0.694 bits per heavy atom. The first-order chi connectivity index (χ1) is 17.3. The predicted octanol–water partition coefficient (Wildman–Crippen LogP) is 6.62. The number of nitriles is 1. The lowest BCUT2D eigenvalue weighted by atomic mass is 9.77. The van der Waals surface area contributed by atoms with Gasteiger partial charge in [-0.15, -0.1) is 0 Å². The number of fused-ring (bicyclic) bond motifs is 3. The van der Waals surface area contributed by atoms with E-state index in [0.29, 0.717) is 5.56 Å². The van der Waals surface area contributed by atoms with E-state index in [-0.39, 0.29) is 0 Å². The van der Waals surface area contributed by atoms with Gasteiger partial charge in [-0.2, -0.15) is 5.26 Å². The Morgan fingerprint density at radius 3 is 1.81 bits per heavy atom. The molecule has 0 atom stereocenters. The molecule has 36 heavy (non-hydrogen) atoms. The van der Waals surface area contributed by atoms with Crippen LogP contribution in [0.1, 0.15) is 33.3 Å². The summed E-state index contributed by atoms with van der Waals surface area (Å²) in [4.78, 5) is 0. The Kier molecular flexibility index (Phi) is 5.08. The Balaban J connectivity index is 1.41. The van der Waals surface area contributed by atoms with Crippen molar-refractivity contribution in [3.8, 4) is 22.9 Å². The number of hydrogen-bond donors (Lipinski definition) is 0. The maximum absolute atomic E-state index is 9.72. The summed E-state index contributed by atoms with van der Waals surface area (Å²) >= 11 is 0. The Morgan fingerprint density at radius 2 is 1.25 bits per heavy atom. The van der Waals surface area contributed by atoms with Crippen molar-refractivity contribution in [2.24, 2.45) is 0 Å². The molecule has 4 aromatic carbocycles. The van der Waals surface area contributed by atoms with Gasteiger partial charge >= 0.3 is 7.12 Å². The molecular formula is C31H27BN2O2. The van der Waals surface area contributed by atoms with E-state index in [2.05, 4.69) is 89.5 Å². The molecule has 0 radical (unpaired) electrons. The van der Waals surface area contributed by atoms with Gasteiger partial charge < -0.3 is 13.9 Å². The first kappa shape index (κ1) is 22.6. The van der Waals surface area contributed by atoms with Gasteiger partial charge in [0.2, 0.25) is 0 Å². The van der Waals surface area contributed by atoms with E-state index in [0.717, 1.165) is 22.3 Å². The van der Waals surface area contributed by atoms with E-state index < -0.39 is 18.3 Å². The van der Waals surface area contributed by atoms with Gasteiger partial charge in [-0.05, 0) is 80.7 Å². The van der Waals surface area contributed by atoms with Crippen LogP contribution >= 0.6 is 0 Å². The summed E-state index contributed by atoms with van der Waals surface area (Å²) < 4.78 is 14.8. The van der Waals surface area contributed by atoms with Crippen LogP contribution in [-0.2, 0) is 9.31 Å². The van der Waals surface area contributed by atoms with Crippen molar-refractivity contribution in [3.05, 3.63) is 96.6 Å². The van der Waals surface area contributed by atoms with Crippen molar-refractivity contribution in [3.63, 3.8) is 0 Å². The van der Waals surface area contributed by atoms with Crippen LogP contribution in [0, 0.1) is 11.3 Å². The highest BCUT2D eigenvalue weighted by atomic mass is 16.7. The van der Waals surface area contributed by atoms with Crippen LogP contribution < -0.4 is 5.46 Å². The van der Waals surface area contributed by atoms with Crippen LogP contribution in [0.2, 0.25) is 0 Å². The molecule has 0 amide bonds. The second-order valence-corrected chi connectivity index (χ2v) is 10.5. The van der Waals surface area contributed by atoms with Crippen molar-refractivity contribution in [1.82, 2.24) is 4.57 Å². The highest BCUT2D eigenvalue weighted by Crippen LogP contribution is 2.37. The van der Waals surface area contributed by atoms with Gasteiger partial charge in [-0.25, -0.2) is 0 Å². The van der Waals surface area contributed by atoms with Crippen LogP contribution in [-0.4, -0.2) is 22.9 Å². The summed E-state index contributed by atoms with van der Waals surface area (Å²) in [5, 5.41) is 12.2. The maximum atomic E-state index is 9.72. The lowest BCUT2D eigenvalue weighted by Gasteiger charge is -2.32. The minimum absolute atomic E-state index is 0.440. The van der Waals surface area contributed by atoms with E-state index in [1.165, 1.54) is 21.8 Å². The fourth-order valence-electron chi connectivity index (χ4n) is 5.00. The number of hydrogen-bond acceptors (Lipinski definition) is 3. The van der Waals surface area contributed by atoms with Gasteiger partial charge in [0.05, 0.1) is 33.9 Å². The van der Waals surface area contributed by atoms with E-state index >= 15 is 0 Å². The molecule has 0 N–H and O–H groups in total. The monoisotopic (exact) mass is 470 g/mol. The third kappa shape index (κ3) is 3.53. The summed E-state index contributed by atoms with van der Waals surface area (Å²) in [5.41, 5.74) is 6.02. The van der Waals surface area contributed by atoms with E-state index in [1.54, 1.807) is 0 Å². The Bertz CT molecular complexity index is 1590. The van der Waals surface area contributed by atoms with Gasteiger partial charge in [0.1, 0.15) is 0 Å². The zero-order chi connectivity index (χ0) is 25.1. The van der Waals surface area contributed by atoms with Crippen LogP contribution in [0.4, 0.5) is 0 Å². The molecule has 0 saturated carbocycles. The fourth-order valence-corrected chi connectivity index (χ4v) is 5.00. The second kappa shape index (κ2) is 8.10.